The summed E-state index contributed by atoms with van der Waals surface area (Å²) in [6.07, 6.45) is 20.7. The highest BCUT2D eigenvalue weighted by atomic mass is 16.5. The second-order valence-electron chi connectivity index (χ2n) is 8.87. The average Bonchev–Trinajstić information content (AvgIpc) is 2.80. The molecule has 0 saturated carbocycles. The van der Waals surface area contributed by atoms with Crippen LogP contribution in [0.25, 0.3) is 0 Å². The number of hydrogen-bond donors (Lipinski definition) is 1. The van der Waals surface area contributed by atoms with Gasteiger partial charge in [-0.25, -0.2) is 4.79 Å². The van der Waals surface area contributed by atoms with E-state index in [2.05, 4.69) is 19.1 Å². The summed E-state index contributed by atoms with van der Waals surface area (Å²) in [5, 5.41) is 9.38. The monoisotopic (exact) mass is 473 g/mol. The van der Waals surface area contributed by atoms with Crippen LogP contribution >= 0.6 is 0 Å². The van der Waals surface area contributed by atoms with E-state index in [0.29, 0.717) is 12.1 Å². The molecule has 6 heteroatoms. The predicted octanol–water partition coefficient (Wildman–Crippen LogP) is 7.31. The van der Waals surface area contributed by atoms with Crippen molar-refractivity contribution in [3.63, 3.8) is 0 Å². The number of carboxylic acid groups (broad SMARTS) is 1. The molecule has 1 rings (SSSR count). The van der Waals surface area contributed by atoms with Gasteiger partial charge in [-0.3, -0.25) is 9.59 Å². The van der Waals surface area contributed by atoms with Gasteiger partial charge in [-0.2, -0.15) is 0 Å². The van der Waals surface area contributed by atoms with Crippen LogP contribution in [0, 0.1) is 0 Å². The summed E-state index contributed by atoms with van der Waals surface area (Å²) in [5.74, 6) is -1.89. The van der Waals surface area contributed by atoms with Crippen LogP contribution in [0.15, 0.2) is 30.4 Å². The van der Waals surface area contributed by atoms with Gasteiger partial charge in [0, 0.05) is 26.1 Å². The van der Waals surface area contributed by atoms with E-state index in [4.69, 9.17) is 4.74 Å². The molecule has 0 aliphatic rings. The first-order valence-electron chi connectivity index (χ1n) is 12.8. The van der Waals surface area contributed by atoms with E-state index >= 15 is 0 Å². The third-order valence-electron chi connectivity index (χ3n) is 5.86. The lowest BCUT2D eigenvalue weighted by atomic mass is 10.1. The number of allylic oxidation sites excluding steroid dienone is 2. The lowest BCUT2D eigenvalue weighted by Gasteiger charge is -2.18. The van der Waals surface area contributed by atoms with Crippen LogP contribution in [0.4, 0.5) is 5.69 Å². The number of benzene rings is 1. The van der Waals surface area contributed by atoms with Gasteiger partial charge in [0.15, 0.2) is 0 Å². The molecule has 6 nitrogen and oxygen atoms in total. The molecule has 1 aromatic carbocycles. The SMILES string of the molecule is CCCCCCCC/C=C\CCCCCCCC(=O)N(C)c1ccc(OC(C)=O)c(C(=O)O)c1. The fourth-order valence-corrected chi connectivity index (χ4v) is 3.80. The molecular weight excluding hydrogens is 430 g/mol. The Hall–Kier alpha value is -2.63. The molecule has 0 atom stereocenters. The highest BCUT2D eigenvalue weighted by molar-refractivity contribution is 5.97. The summed E-state index contributed by atoms with van der Waals surface area (Å²) in [4.78, 5) is 36.6. The molecule has 0 spiro atoms. The van der Waals surface area contributed by atoms with E-state index < -0.39 is 11.9 Å². The van der Waals surface area contributed by atoms with Gasteiger partial charge in [-0.1, -0.05) is 70.4 Å². The third kappa shape index (κ3) is 12.6. The summed E-state index contributed by atoms with van der Waals surface area (Å²) in [6.45, 7) is 3.46. The predicted molar refractivity (Wildman–Crippen MR) is 138 cm³/mol. The lowest BCUT2D eigenvalue weighted by molar-refractivity contribution is -0.131. The van der Waals surface area contributed by atoms with Crippen molar-refractivity contribution in [2.24, 2.45) is 0 Å². The fraction of sp³-hybridized carbons (Fsp3) is 0.607. The summed E-state index contributed by atoms with van der Waals surface area (Å²) in [6, 6.07) is 4.35. The van der Waals surface area contributed by atoms with Crippen molar-refractivity contribution in [1.82, 2.24) is 0 Å². The van der Waals surface area contributed by atoms with Crippen molar-refractivity contribution in [3.05, 3.63) is 35.9 Å². The van der Waals surface area contributed by atoms with Gasteiger partial charge in [-0.05, 0) is 50.3 Å². The maximum Gasteiger partial charge on any atom is 0.339 e. The van der Waals surface area contributed by atoms with Crippen molar-refractivity contribution in [2.45, 2.75) is 104 Å². The minimum absolute atomic E-state index is 0.0261. The molecule has 0 unspecified atom stereocenters. The van der Waals surface area contributed by atoms with Crippen molar-refractivity contribution in [2.75, 3.05) is 11.9 Å². The van der Waals surface area contributed by atoms with E-state index in [1.54, 1.807) is 13.1 Å². The molecule has 190 valence electrons. The smallest absolute Gasteiger partial charge is 0.339 e. The highest BCUT2D eigenvalue weighted by Crippen LogP contribution is 2.26. The van der Waals surface area contributed by atoms with Crippen molar-refractivity contribution in [3.8, 4) is 5.75 Å². The Morgan fingerprint density at radius 3 is 2.00 bits per heavy atom. The van der Waals surface area contributed by atoms with E-state index in [9.17, 15) is 19.5 Å². The first-order chi connectivity index (χ1) is 16.4. The van der Waals surface area contributed by atoms with Gasteiger partial charge in [0.25, 0.3) is 0 Å². The lowest BCUT2D eigenvalue weighted by Crippen LogP contribution is -2.26. The summed E-state index contributed by atoms with van der Waals surface area (Å²) < 4.78 is 4.93. The second-order valence-corrected chi connectivity index (χ2v) is 8.87. The van der Waals surface area contributed by atoms with Gasteiger partial charge in [0.1, 0.15) is 11.3 Å². The maximum absolute atomic E-state index is 12.5. The normalized spacial score (nSPS) is 11.0. The van der Waals surface area contributed by atoms with Crippen molar-refractivity contribution in [1.29, 1.82) is 0 Å². The van der Waals surface area contributed by atoms with Crippen LogP contribution in [0.5, 0.6) is 5.75 Å². The van der Waals surface area contributed by atoms with E-state index in [-0.39, 0.29) is 17.2 Å². The molecular formula is C28H43NO5. The molecule has 0 aromatic heterocycles. The number of ether oxygens (including phenoxy) is 1. The van der Waals surface area contributed by atoms with E-state index in [0.717, 1.165) is 25.7 Å². The standard InChI is InChI=1S/C28H43NO5/c1-4-5-6-7-8-9-10-11-12-13-14-15-16-17-18-19-27(31)29(3)24-20-21-26(34-23(2)30)25(22-24)28(32)33/h11-12,20-22H,4-10,13-19H2,1-3H3,(H,32,33)/b12-11-. The Morgan fingerprint density at radius 1 is 0.882 bits per heavy atom. The first-order valence-corrected chi connectivity index (χ1v) is 12.8. The van der Waals surface area contributed by atoms with Crippen LogP contribution in [-0.4, -0.2) is 30.0 Å². The number of esters is 1. The number of carboxylic acids is 1. The Labute approximate surface area is 205 Å². The van der Waals surface area contributed by atoms with E-state index in [1.807, 2.05) is 0 Å². The zero-order valence-corrected chi connectivity index (χ0v) is 21.3. The zero-order chi connectivity index (χ0) is 25.2. The number of anilines is 1. The number of nitrogens with zero attached hydrogens (tertiary/aromatic N) is 1. The van der Waals surface area contributed by atoms with Gasteiger partial charge in [-0.15, -0.1) is 0 Å². The van der Waals surface area contributed by atoms with Crippen LogP contribution in [0.2, 0.25) is 0 Å². The number of rotatable bonds is 18. The molecule has 0 aliphatic heterocycles. The van der Waals surface area contributed by atoms with Crippen molar-refractivity contribution < 1.29 is 24.2 Å². The van der Waals surface area contributed by atoms with Crippen LogP contribution < -0.4 is 9.64 Å². The molecule has 0 heterocycles. The zero-order valence-electron chi connectivity index (χ0n) is 21.3. The minimum atomic E-state index is -1.21. The largest absolute Gasteiger partial charge is 0.478 e. The molecule has 1 N–H and O–H groups in total. The Balaban J connectivity index is 2.21. The fourth-order valence-electron chi connectivity index (χ4n) is 3.80. The summed E-state index contributed by atoms with van der Waals surface area (Å²) in [5.41, 5.74) is 0.319. The number of aromatic carboxylic acids is 1. The van der Waals surface area contributed by atoms with Gasteiger partial charge in [0.2, 0.25) is 5.91 Å². The van der Waals surface area contributed by atoms with Crippen LogP contribution in [0.3, 0.4) is 0 Å². The molecule has 0 fully saturated rings. The maximum atomic E-state index is 12.5. The molecule has 0 bridgehead atoms. The number of hydrogen-bond acceptors (Lipinski definition) is 4. The van der Waals surface area contributed by atoms with E-state index in [1.165, 1.54) is 81.7 Å². The molecule has 1 aromatic rings. The quantitative estimate of drug-likeness (QED) is 0.105. The highest BCUT2D eigenvalue weighted by Gasteiger charge is 2.17. The molecule has 0 saturated heterocycles. The summed E-state index contributed by atoms with van der Waals surface area (Å²) in [7, 11) is 1.63. The van der Waals surface area contributed by atoms with Crippen molar-refractivity contribution >= 4 is 23.5 Å². The second kappa shape index (κ2) is 17.8. The molecule has 0 radical (unpaired) electrons. The molecule has 34 heavy (non-hydrogen) atoms. The Kier molecular flexibility index (Phi) is 15.4. The third-order valence-corrected chi connectivity index (χ3v) is 5.86. The number of amides is 1. The Morgan fingerprint density at radius 2 is 1.44 bits per heavy atom. The molecule has 0 aliphatic carbocycles. The van der Waals surface area contributed by atoms with Gasteiger partial charge >= 0.3 is 11.9 Å². The summed E-state index contributed by atoms with van der Waals surface area (Å²) >= 11 is 0. The van der Waals surface area contributed by atoms with Crippen LogP contribution in [-0.2, 0) is 9.59 Å². The van der Waals surface area contributed by atoms with Gasteiger partial charge < -0.3 is 14.7 Å². The first kappa shape index (κ1) is 29.4. The number of unbranched alkanes of at least 4 members (excludes halogenated alkanes) is 11. The topological polar surface area (TPSA) is 83.9 Å². The number of carbonyl (C=O) groups excluding carboxylic acids is 2. The Bertz CT molecular complexity index is 787. The average molecular weight is 474 g/mol. The number of carbonyl (C=O) groups is 3. The minimum Gasteiger partial charge on any atom is -0.478 e. The van der Waals surface area contributed by atoms with Gasteiger partial charge in [0.05, 0.1) is 0 Å². The molecule has 1 amide bonds. The van der Waals surface area contributed by atoms with Crippen LogP contribution in [0.1, 0.15) is 114 Å².